The van der Waals surface area contributed by atoms with Crippen molar-refractivity contribution in [3.63, 3.8) is 0 Å². The Labute approximate surface area is 290 Å². The third kappa shape index (κ3) is 4.37. The summed E-state index contributed by atoms with van der Waals surface area (Å²) in [6, 6.07) is 57.2. The maximum atomic E-state index is 2.48. The molecule has 0 amide bonds. The number of fused-ring (bicyclic) bond motifs is 6. The van der Waals surface area contributed by atoms with Crippen LogP contribution in [0.25, 0.3) is 55.6 Å². The molecular formula is C49H40. The maximum absolute atomic E-state index is 2.48. The van der Waals surface area contributed by atoms with E-state index < -0.39 is 0 Å². The van der Waals surface area contributed by atoms with E-state index in [9.17, 15) is 0 Å². The van der Waals surface area contributed by atoms with Gasteiger partial charge in [0.25, 0.3) is 0 Å². The van der Waals surface area contributed by atoms with Crippen molar-refractivity contribution in [2.75, 3.05) is 0 Å². The van der Waals surface area contributed by atoms with Crippen molar-refractivity contribution in [2.24, 2.45) is 0 Å². The van der Waals surface area contributed by atoms with E-state index in [1.54, 1.807) is 0 Å². The minimum Gasteiger partial charge on any atom is -0.0622 e. The third-order valence-electron chi connectivity index (χ3n) is 11.5. The van der Waals surface area contributed by atoms with Crippen molar-refractivity contribution in [3.8, 4) is 55.6 Å². The zero-order valence-corrected chi connectivity index (χ0v) is 28.9. The van der Waals surface area contributed by atoms with Crippen LogP contribution in [0, 0.1) is 13.8 Å². The first-order valence-electron chi connectivity index (χ1n) is 17.5. The Morgan fingerprint density at radius 2 is 0.837 bits per heavy atom. The molecule has 7 aromatic rings. The van der Waals surface area contributed by atoms with Gasteiger partial charge in [0.1, 0.15) is 0 Å². The first kappa shape index (κ1) is 29.7. The monoisotopic (exact) mass is 628 g/mol. The van der Waals surface area contributed by atoms with Crippen LogP contribution < -0.4 is 0 Å². The van der Waals surface area contributed by atoms with Crippen molar-refractivity contribution in [1.29, 1.82) is 0 Å². The molecule has 0 bridgehead atoms. The summed E-state index contributed by atoms with van der Waals surface area (Å²) < 4.78 is 0. The summed E-state index contributed by atoms with van der Waals surface area (Å²) >= 11 is 0. The number of aryl methyl sites for hydroxylation is 2. The summed E-state index contributed by atoms with van der Waals surface area (Å²) in [5.74, 6) is 0. The topological polar surface area (TPSA) is 0 Å². The molecule has 1 atom stereocenters. The Balaban J connectivity index is 1.33. The van der Waals surface area contributed by atoms with Gasteiger partial charge in [0.15, 0.2) is 0 Å². The van der Waals surface area contributed by atoms with Gasteiger partial charge in [-0.2, -0.15) is 0 Å². The van der Waals surface area contributed by atoms with Gasteiger partial charge >= 0.3 is 0 Å². The first-order valence-corrected chi connectivity index (χ1v) is 17.5. The summed E-state index contributed by atoms with van der Waals surface area (Å²) in [5.41, 5.74) is 22.0. The standard InChI is InChI=1S/C49H40/c1-31-17-21-34(22-18-31)37-26-28-40-39-27-25-36(33-11-7-6-8-12-33)29-44(39)49(5,45(40)30-37)43-16-10-15-42-46(43)41-14-9-13-38(47(41)48(42,3)4)35-23-19-32(2)20-24-35/h6-30H,1-5H3. The van der Waals surface area contributed by atoms with Gasteiger partial charge in [-0.25, -0.2) is 0 Å². The van der Waals surface area contributed by atoms with Crippen LogP contribution in [-0.2, 0) is 10.8 Å². The lowest BCUT2D eigenvalue weighted by Crippen LogP contribution is -2.24. The van der Waals surface area contributed by atoms with Gasteiger partial charge in [0.05, 0.1) is 0 Å². The molecule has 0 saturated heterocycles. The number of rotatable bonds is 4. The van der Waals surface area contributed by atoms with Crippen molar-refractivity contribution >= 4 is 0 Å². The molecule has 0 spiro atoms. The maximum Gasteiger partial charge on any atom is 0.0442 e. The fourth-order valence-corrected chi connectivity index (χ4v) is 8.88. The van der Waals surface area contributed by atoms with Crippen LogP contribution in [-0.4, -0.2) is 0 Å². The highest BCUT2D eigenvalue weighted by Gasteiger charge is 2.46. The minimum absolute atomic E-state index is 0.154. The molecule has 0 heterocycles. The molecule has 236 valence electrons. The fraction of sp³-hybridized carbons (Fsp3) is 0.143. The van der Waals surface area contributed by atoms with Crippen LogP contribution >= 0.6 is 0 Å². The SMILES string of the molecule is Cc1ccc(-c2ccc3c(c2)C(C)(c2cccc4c2-c2cccc(-c5ccc(C)cc5)c2C4(C)C)c2cc(-c4ccccc4)ccc2-3)cc1. The molecule has 0 aromatic heterocycles. The summed E-state index contributed by atoms with van der Waals surface area (Å²) in [6.07, 6.45) is 0. The quantitative estimate of drug-likeness (QED) is 0.182. The second-order valence-electron chi connectivity index (χ2n) is 14.8. The normalized spacial score (nSPS) is 16.5. The Morgan fingerprint density at radius 1 is 0.347 bits per heavy atom. The van der Waals surface area contributed by atoms with Crippen LogP contribution in [0.5, 0.6) is 0 Å². The highest BCUT2D eigenvalue weighted by Crippen LogP contribution is 2.60. The molecular weight excluding hydrogens is 589 g/mol. The molecule has 1 unspecified atom stereocenters. The molecule has 0 nitrogen and oxygen atoms in total. The summed E-state index contributed by atoms with van der Waals surface area (Å²) in [5, 5.41) is 0. The molecule has 0 N–H and O–H groups in total. The van der Waals surface area contributed by atoms with Gasteiger partial charge < -0.3 is 0 Å². The molecule has 7 aromatic carbocycles. The average Bonchev–Trinajstić information content (AvgIpc) is 3.53. The van der Waals surface area contributed by atoms with Gasteiger partial charge in [-0.15, -0.1) is 0 Å². The largest absolute Gasteiger partial charge is 0.0622 e. The Morgan fingerprint density at radius 3 is 1.45 bits per heavy atom. The van der Waals surface area contributed by atoms with E-state index in [1.807, 2.05) is 0 Å². The third-order valence-corrected chi connectivity index (χ3v) is 11.5. The molecule has 2 aliphatic carbocycles. The van der Waals surface area contributed by atoms with Crippen molar-refractivity contribution in [3.05, 3.63) is 191 Å². The smallest absolute Gasteiger partial charge is 0.0442 e. The van der Waals surface area contributed by atoms with Gasteiger partial charge in [0.2, 0.25) is 0 Å². The van der Waals surface area contributed by atoms with Crippen LogP contribution in [0.1, 0.15) is 59.7 Å². The molecule has 2 aliphatic rings. The fourth-order valence-electron chi connectivity index (χ4n) is 8.88. The second kappa shape index (κ2) is 10.8. The average molecular weight is 629 g/mol. The Bertz CT molecular complexity index is 2410. The van der Waals surface area contributed by atoms with Crippen molar-refractivity contribution in [1.82, 2.24) is 0 Å². The first-order chi connectivity index (χ1) is 23.7. The van der Waals surface area contributed by atoms with Crippen LogP contribution in [0.2, 0.25) is 0 Å². The number of hydrogen-bond donors (Lipinski definition) is 0. The molecule has 0 radical (unpaired) electrons. The Kier molecular flexibility index (Phi) is 6.52. The highest BCUT2D eigenvalue weighted by atomic mass is 14.5. The van der Waals surface area contributed by atoms with E-state index in [4.69, 9.17) is 0 Å². The van der Waals surface area contributed by atoms with Crippen molar-refractivity contribution < 1.29 is 0 Å². The summed E-state index contributed by atoms with van der Waals surface area (Å²) in [7, 11) is 0. The van der Waals surface area contributed by atoms with E-state index in [0.717, 1.165) is 0 Å². The van der Waals surface area contributed by atoms with Crippen molar-refractivity contribution in [2.45, 2.75) is 45.4 Å². The van der Waals surface area contributed by atoms with E-state index in [1.165, 1.54) is 94.6 Å². The second-order valence-corrected chi connectivity index (χ2v) is 14.8. The highest BCUT2D eigenvalue weighted by molar-refractivity contribution is 5.94. The minimum atomic E-state index is -0.376. The van der Waals surface area contributed by atoms with Gasteiger partial charge in [-0.3, -0.25) is 0 Å². The zero-order chi connectivity index (χ0) is 33.5. The lowest BCUT2D eigenvalue weighted by molar-refractivity contribution is 0.658. The molecule has 0 saturated carbocycles. The number of hydrogen-bond acceptors (Lipinski definition) is 0. The lowest BCUT2D eigenvalue weighted by Gasteiger charge is -2.32. The van der Waals surface area contributed by atoms with E-state index >= 15 is 0 Å². The molecule has 49 heavy (non-hydrogen) atoms. The van der Waals surface area contributed by atoms with Gasteiger partial charge in [-0.1, -0.05) is 165 Å². The Hall–Kier alpha value is -5.46. The van der Waals surface area contributed by atoms with Crippen LogP contribution in [0.15, 0.2) is 152 Å². The zero-order valence-electron chi connectivity index (χ0n) is 28.9. The van der Waals surface area contributed by atoms with E-state index in [-0.39, 0.29) is 10.8 Å². The van der Waals surface area contributed by atoms with Gasteiger partial charge in [-0.05, 0) is 116 Å². The predicted molar refractivity (Wildman–Crippen MR) is 207 cm³/mol. The van der Waals surface area contributed by atoms with E-state index in [0.29, 0.717) is 0 Å². The molecule has 0 fully saturated rings. The summed E-state index contributed by atoms with van der Waals surface area (Å²) in [6.45, 7) is 11.6. The molecule has 0 aliphatic heterocycles. The predicted octanol–water partition coefficient (Wildman–Crippen LogP) is 12.9. The van der Waals surface area contributed by atoms with Crippen LogP contribution in [0.4, 0.5) is 0 Å². The number of benzene rings is 7. The molecule has 9 rings (SSSR count). The van der Waals surface area contributed by atoms with Gasteiger partial charge in [0, 0.05) is 10.8 Å². The summed E-state index contributed by atoms with van der Waals surface area (Å²) in [4.78, 5) is 0. The van der Waals surface area contributed by atoms with E-state index in [2.05, 4.69) is 186 Å². The lowest BCUT2D eigenvalue weighted by atomic mass is 9.70. The van der Waals surface area contributed by atoms with Crippen LogP contribution in [0.3, 0.4) is 0 Å². The molecule has 0 heteroatoms.